The fraction of sp³-hybridized carbons (Fsp3) is 0.600. The second kappa shape index (κ2) is 8.57. The first-order chi connectivity index (χ1) is 13.9. The molecule has 0 aliphatic carbocycles. The lowest BCUT2D eigenvalue weighted by Crippen LogP contribution is -2.53. The van der Waals surface area contributed by atoms with E-state index in [0.29, 0.717) is 24.9 Å². The molecule has 2 fully saturated rings. The van der Waals surface area contributed by atoms with Gasteiger partial charge in [0.15, 0.2) is 0 Å². The highest BCUT2D eigenvalue weighted by atomic mass is 32.1. The normalized spacial score (nSPS) is 20.3. The van der Waals surface area contributed by atoms with E-state index < -0.39 is 11.9 Å². The van der Waals surface area contributed by atoms with Gasteiger partial charge in [-0.15, -0.1) is 11.3 Å². The van der Waals surface area contributed by atoms with Crippen molar-refractivity contribution in [3.63, 3.8) is 0 Å². The van der Waals surface area contributed by atoms with Crippen molar-refractivity contribution in [1.82, 2.24) is 19.8 Å². The number of aryl methyl sites for hydroxylation is 1. The van der Waals surface area contributed by atoms with Gasteiger partial charge in [0.25, 0.3) is 0 Å². The molecule has 0 N–H and O–H groups in total. The van der Waals surface area contributed by atoms with E-state index in [1.807, 2.05) is 11.8 Å². The maximum atomic E-state index is 12.9. The van der Waals surface area contributed by atoms with Gasteiger partial charge in [0.2, 0.25) is 0 Å². The van der Waals surface area contributed by atoms with Gasteiger partial charge in [-0.1, -0.05) is 6.07 Å². The van der Waals surface area contributed by atoms with Crippen LogP contribution in [-0.4, -0.2) is 65.1 Å². The van der Waals surface area contributed by atoms with Gasteiger partial charge in [-0.3, -0.25) is 9.80 Å². The zero-order chi connectivity index (χ0) is 20.4. The second-order valence-corrected chi connectivity index (χ2v) is 8.83. The molecule has 29 heavy (non-hydrogen) atoms. The number of hydrogen-bond acceptors (Lipinski definition) is 6. The Kier molecular flexibility index (Phi) is 6.08. The topological polar surface area (TPSA) is 35.5 Å². The lowest BCUT2D eigenvalue weighted by Gasteiger charge is -2.43. The van der Waals surface area contributed by atoms with E-state index in [2.05, 4.69) is 25.1 Å². The van der Waals surface area contributed by atoms with Crippen LogP contribution in [0.15, 0.2) is 23.6 Å². The van der Waals surface area contributed by atoms with Gasteiger partial charge in [0.1, 0.15) is 11.5 Å². The van der Waals surface area contributed by atoms with Crippen molar-refractivity contribution in [3.8, 4) is 0 Å². The Morgan fingerprint density at radius 3 is 2.38 bits per heavy atom. The number of piperidine rings is 1. The molecule has 2 aromatic heterocycles. The predicted molar refractivity (Wildman–Crippen MR) is 108 cm³/mol. The summed E-state index contributed by atoms with van der Waals surface area (Å²) in [5.74, 6) is 0.424. The van der Waals surface area contributed by atoms with Gasteiger partial charge in [0, 0.05) is 57.2 Å². The molecule has 4 heterocycles. The van der Waals surface area contributed by atoms with E-state index in [0.717, 1.165) is 62.3 Å². The fourth-order valence-electron chi connectivity index (χ4n) is 4.23. The van der Waals surface area contributed by atoms with Crippen molar-refractivity contribution >= 4 is 17.2 Å². The standard InChI is InChI=1S/C20H26F3N5S/c1-15-24-16(14-29-15)13-26-7-5-17(6-8-26)27-9-11-28(12-10-27)19-4-2-3-18(25-19)20(21,22)23/h2-4,14,17H,5-13H2,1H3. The summed E-state index contributed by atoms with van der Waals surface area (Å²) in [5, 5.41) is 3.26. The number of halogens is 3. The molecule has 9 heteroatoms. The van der Waals surface area contributed by atoms with Crippen LogP contribution < -0.4 is 4.90 Å². The molecule has 0 bridgehead atoms. The third-order valence-corrected chi connectivity index (χ3v) is 6.61. The highest BCUT2D eigenvalue weighted by Gasteiger charge is 2.33. The minimum Gasteiger partial charge on any atom is -0.354 e. The number of alkyl halides is 3. The molecule has 4 rings (SSSR count). The molecule has 0 radical (unpaired) electrons. The summed E-state index contributed by atoms with van der Waals surface area (Å²) in [6.07, 6.45) is -2.14. The van der Waals surface area contributed by atoms with E-state index in [4.69, 9.17) is 0 Å². The van der Waals surface area contributed by atoms with Crippen LogP contribution in [0.1, 0.15) is 29.2 Å². The SMILES string of the molecule is Cc1nc(CN2CCC(N3CCN(c4cccc(C(F)(F)F)n4)CC3)CC2)cs1. The number of piperazine rings is 1. The predicted octanol–water partition coefficient (Wildman–Crippen LogP) is 3.65. The maximum absolute atomic E-state index is 12.9. The zero-order valence-corrected chi connectivity index (χ0v) is 17.3. The fourth-order valence-corrected chi connectivity index (χ4v) is 4.83. The summed E-state index contributed by atoms with van der Waals surface area (Å²) in [6, 6.07) is 4.70. The average Bonchev–Trinajstić information content (AvgIpc) is 3.13. The van der Waals surface area contributed by atoms with E-state index in [-0.39, 0.29) is 0 Å². The molecule has 0 aromatic carbocycles. The lowest BCUT2D eigenvalue weighted by atomic mass is 10.0. The van der Waals surface area contributed by atoms with E-state index in [9.17, 15) is 13.2 Å². The Morgan fingerprint density at radius 1 is 1.03 bits per heavy atom. The highest BCUT2D eigenvalue weighted by Crippen LogP contribution is 2.29. The van der Waals surface area contributed by atoms with Crippen molar-refractivity contribution in [3.05, 3.63) is 40.0 Å². The average molecular weight is 426 g/mol. The Bertz CT molecular complexity index is 808. The van der Waals surface area contributed by atoms with Gasteiger partial charge >= 0.3 is 6.18 Å². The number of aromatic nitrogens is 2. The molecule has 5 nitrogen and oxygen atoms in total. The van der Waals surface area contributed by atoms with E-state index in [1.165, 1.54) is 6.07 Å². The summed E-state index contributed by atoms with van der Waals surface area (Å²) in [6.45, 7) is 8.26. The van der Waals surface area contributed by atoms with E-state index >= 15 is 0 Å². The number of rotatable bonds is 4. The Morgan fingerprint density at radius 2 is 1.76 bits per heavy atom. The minimum absolute atomic E-state index is 0.424. The Balaban J connectivity index is 1.26. The summed E-state index contributed by atoms with van der Waals surface area (Å²) >= 11 is 1.70. The van der Waals surface area contributed by atoms with Gasteiger partial charge in [0.05, 0.1) is 10.7 Å². The molecule has 2 saturated heterocycles. The van der Waals surface area contributed by atoms with Crippen LogP contribution in [0.4, 0.5) is 19.0 Å². The second-order valence-electron chi connectivity index (χ2n) is 7.77. The molecule has 0 atom stereocenters. The van der Waals surface area contributed by atoms with Crippen molar-refractivity contribution in [2.75, 3.05) is 44.2 Å². The van der Waals surface area contributed by atoms with Crippen LogP contribution in [0.5, 0.6) is 0 Å². The molecule has 2 aliphatic heterocycles. The molecule has 0 unspecified atom stereocenters. The number of anilines is 1. The first-order valence-electron chi connectivity index (χ1n) is 10.0. The minimum atomic E-state index is -4.40. The number of pyridine rings is 1. The summed E-state index contributed by atoms with van der Waals surface area (Å²) < 4.78 is 38.7. The monoisotopic (exact) mass is 425 g/mol. The van der Waals surface area contributed by atoms with E-state index in [1.54, 1.807) is 17.4 Å². The van der Waals surface area contributed by atoms with Crippen LogP contribution in [-0.2, 0) is 12.7 Å². The van der Waals surface area contributed by atoms with Crippen LogP contribution in [0.25, 0.3) is 0 Å². The Hall–Kier alpha value is -1.71. The number of hydrogen-bond donors (Lipinski definition) is 0. The number of nitrogens with zero attached hydrogens (tertiary/aromatic N) is 5. The maximum Gasteiger partial charge on any atom is 0.433 e. The van der Waals surface area contributed by atoms with Crippen LogP contribution >= 0.6 is 11.3 Å². The first kappa shape index (κ1) is 20.6. The third kappa shape index (κ3) is 5.07. The van der Waals surface area contributed by atoms with Crippen molar-refractivity contribution in [2.24, 2.45) is 0 Å². The Labute approximate surface area is 173 Å². The molecule has 0 saturated carbocycles. The largest absolute Gasteiger partial charge is 0.433 e. The number of thiazole rings is 1. The molecular formula is C20H26F3N5S. The van der Waals surface area contributed by atoms with Crippen LogP contribution in [0, 0.1) is 6.92 Å². The smallest absolute Gasteiger partial charge is 0.354 e. The molecule has 2 aromatic rings. The molecule has 2 aliphatic rings. The van der Waals surface area contributed by atoms with Crippen LogP contribution in [0.3, 0.4) is 0 Å². The van der Waals surface area contributed by atoms with Gasteiger partial charge < -0.3 is 4.90 Å². The van der Waals surface area contributed by atoms with Crippen molar-refractivity contribution < 1.29 is 13.2 Å². The lowest BCUT2D eigenvalue weighted by molar-refractivity contribution is -0.141. The molecule has 0 amide bonds. The summed E-state index contributed by atoms with van der Waals surface area (Å²) in [4.78, 5) is 15.3. The first-order valence-corrected chi connectivity index (χ1v) is 10.9. The van der Waals surface area contributed by atoms with Crippen LogP contribution in [0.2, 0.25) is 0 Å². The summed E-state index contributed by atoms with van der Waals surface area (Å²) in [5.41, 5.74) is 0.341. The zero-order valence-electron chi connectivity index (χ0n) is 16.5. The molecule has 0 spiro atoms. The highest BCUT2D eigenvalue weighted by molar-refractivity contribution is 7.09. The van der Waals surface area contributed by atoms with Gasteiger partial charge in [-0.05, 0) is 31.9 Å². The van der Waals surface area contributed by atoms with Crippen molar-refractivity contribution in [2.45, 2.75) is 38.5 Å². The van der Waals surface area contributed by atoms with Gasteiger partial charge in [-0.25, -0.2) is 9.97 Å². The summed E-state index contributed by atoms with van der Waals surface area (Å²) in [7, 11) is 0. The van der Waals surface area contributed by atoms with Gasteiger partial charge in [-0.2, -0.15) is 13.2 Å². The molecule has 158 valence electrons. The van der Waals surface area contributed by atoms with Crippen molar-refractivity contribution in [1.29, 1.82) is 0 Å². The third-order valence-electron chi connectivity index (χ3n) is 5.79. The number of likely N-dealkylation sites (tertiary alicyclic amines) is 1. The molecular weight excluding hydrogens is 399 g/mol. The quantitative estimate of drug-likeness (QED) is 0.747.